The molecule has 0 unspecified atom stereocenters. The molecule has 0 aromatic heterocycles. The van der Waals surface area contributed by atoms with Gasteiger partial charge in [-0.15, -0.1) is 0 Å². The highest BCUT2D eigenvalue weighted by Gasteiger charge is 2.32. The van der Waals surface area contributed by atoms with Crippen LogP contribution in [0.25, 0.3) is 6.08 Å². The van der Waals surface area contributed by atoms with Crippen LogP contribution in [0.5, 0.6) is 0 Å². The molecule has 1 saturated heterocycles. The second-order valence-corrected chi connectivity index (χ2v) is 8.24. The molecular weight excluding hydrogens is 440 g/mol. The maximum Gasteiger partial charge on any atom is 0.313 e. The molecular formula is C23H20ClF2N3O3. The van der Waals surface area contributed by atoms with Crippen LogP contribution >= 0.6 is 11.6 Å². The number of fused-ring (bicyclic) bond motifs is 1. The number of anilines is 2. The van der Waals surface area contributed by atoms with Crippen LogP contribution < -0.4 is 10.2 Å². The van der Waals surface area contributed by atoms with E-state index in [-0.39, 0.29) is 18.4 Å². The summed E-state index contributed by atoms with van der Waals surface area (Å²) in [4.78, 5) is 40.0. The maximum absolute atomic E-state index is 13.8. The molecule has 1 heterocycles. The minimum absolute atomic E-state index is 0.0154. The van der Waals surface area contributed by atoms with Gasteiger partial charge in [0.15, 0.2) is 5.78 Å². The fraction of sp³-hybridized carbons (Fsp3) is 0.261. The smallest absolute Gasteiger partial charge is 0.313 e. The Balaban J connectivity index is 1.41. The second kappa shape index (κ2) is 8.70. The van der Waals surface area contributed by atoms with Gasteiger partial charge in [-0.2, -0.15) is 0 Å². The number of piperazine rings is 1. The predicted octanol–water partition coefficient (Wildman–Crippen LogP) is 3.43. The molecule has 0 bridgehead atoms. The number of allylic oxidation sites excluding steroid dienone is 1. The quantitative estimate of drug-likeness (QED) is 0.552. The van der Waals surface area contributed by atoms with Gasteiger partial charge in [0.2, 0.25) is 0 Å². The third-order valence-corrected chi connectivity index (χ3v) is 5.99. The van der Waals surface area contributed by atoms with Crippen LogP contribution in [0.3, 0.4) is 0 Å². The van der Waals surface area contributed by atoms with Gasteiger partial charge in [-0.3, -0.25) is 14.4 Å². The molecule has 1 fully saturated rings. The molecule has 1 N–H and O–H groups in total. The number of amides is 2. The van der Waals surface area contributed by atoms with Crippen molar-refractivity contribution in [1.29, 1.82) is 0 Å². The van der Waals surface area contributed by atoms with E-state index in [4.69, 9.17) is 11.6 Å². The van der Waals surface area contributed by atoms with Crippen molar-refractivity contribution in [3.05, 3.63) is 64.2 Å². The lowest BCUT2D eigenvalue weighted by molar-refractivity contribution is -0.144. The van der Waals surface area contributed by atoms with E-state index in [1.54, 1.807) is 36.1 Å². The first-order valence-electron chi connectivity index (χ1n) is 10.1. The Morgan fingerprint density at radius 1 is 1.09 bits per heavy atom. The largest absolute Gasteiger partial charge is 0.368 e. The first-order chi connectivity index (χ1) is 15.2. The number of nitrogens with one attached hydrogen (secondary N) is 1. The Labute approximate surface area is 188 Å². The normalized spacial score (nSPS) is 17.9. The van der Waals surface area contributed by atoms with Crippen molar-refractivity contribution >= 4 is 46.6 Å². The molecule has 166 valence electrons. The highest BCUT2D eigenvalue weighted by atomic mass is 35.5. The number of hydrogen-bond acceptors (Lipinski definition) is 4. The molecule has 2 aromatic rings. The third-order valence-electron chi connectivity index (χ3n) is 5.63. The van der Waals surface area contributed by atoms with E-state index in [0.29, 0.717) is 30.9 Å². The number of benzene rings is 2. The van der Waals surface area contributed by atoms with Crippen LogP contribution in [-0.2, 0) is 20.8 Å². The van der Waals surface area contributed by atoms with E-state index in [0.717, 1.165) is 23.3 Å². The van der Waals surface area contributed by atoms with Crippen LogP contribution in [-0.4, -0.2) is 48.2 Å². The van der Waals surface area contributed by atoms with E-state index in [1.807, 2.05) is 0 Å². The highest BCUT2D eigenvalue weighted by molar-refractivity contribution is 6.39. The summed E-state index contributed by atoms with van der Waals surface area (Å²) in [5.74, 6) is -3.15. The Morgan fingerprint density at radius 2 is 1.81 bits per heavy atom. The minimum atomic E-state index is -0.850. The van der Waals surface area contributed by atoms with Crippen LogP contribution in [0.4, 0.5) is 20.2 Å². The van der Waals surface area contributed by atoms with E-state index in [2.05, 4.69) is 5.32 Å². The Hall–Kier alpha value is -3.26. The molecule has 1 aliphatic carbocycles. The molecule has 2 amide bonds. The summed E-state index contributed by atoms with van der Waals surface area (Å²) in [5.41, 5.74) is 2.47. The Morgan fingerprint density at radius 3 is 2.50 bits per heavy atom. The molecule has 0 saturated carbocycles. The molecule has 0 spiro atoms. The van der Waals surface area contributed by atoms with Crippen molar-refractivity contribution < 1.29 is 23.2 Å². The fourth-order valence-corrected chi connectivity index (χ4v) is 4.06. The van der Waals surface area contributed by atoms with E-state index < -0.39 is 28.5 Å². The lowest BCUT2D eigenvalue weighted by atomic mass is 9.96. The number of rotatable bonds is 2. The van der Waals surface area contributed by atoms with E-state index >= 15 is 0 Å². The second-order valence-electron chi connectivity index (χ2n) is 7.86. The average Bonchev–Trinajstić information content (AvgIpc) is 2.76. The van der Waals surface area contributed by atoms with Gasteiger partial charge >= 0.3 is 11.8 Å². The SMILES string of the molecule is C[C@@H]1CN(c2cc(F)c(Cl)c(F)c2)CCN1C(=O)C(=O)Nc1ccc2c(c1)C=CC(=O)C2. The molecule has 1 aliphatic heterocycles. The molecule has 9 heteroatoms. The van der Waals surface area contributed by atoms with Crippen LogP contribution in [0.1, 0.15) is 18.1 Å². The fourth-order valence-electron chi connectivity index (χ4n) is 3.95. The van der Waals surface area contributed by atoms with Crippen molar-refractivity contribution in [1.82, 2.24) is 4.90 Å². The van der Waals surface area contributed by atoms with E-state index in [9.17, 15) is 23.2 Å². The molecule has 1 atom stereocenters. The molecule has 2 aromatic carbocycles. The van der Waals surface area contributed by atoms with Gasteiger partial charge in [0.25, 0.3) is 0 Å². The van der Waals surface area contributed by atoms with Crippen molar-refractivity contribution in [2.75, 3.05) is 29.9 Å². The zero-order chi connectivity index (χ0) is 23.0. The van der Waals surface area contributed by atoms with Crippen LogP contribution in [0, 0.1) is 11.6 Å². The van der Waals surface area contributed by atoms with Crippen molar-refractivity contribution in [3.63, 3.8) is 0 Å². The standard InChI is InChI=1S/C23H20ClF2N3O3/c1-13-12-28(17-10-19(25)21(24)20(26)11-17)6-7-29(13)23(32)22(31)27-16-4-2-15-9-18(30)5-3-14(15)8-16/h2-5,8,10-11,13H,6-7,9,12H2,1H3,(H,27,31)/t13-/m1/s1. The van der Waals surface area contributed by atoms with Crippen LogP contribution in [0.2, 0.25) is 5.02 Å². The summed E-state index contributed by atoms with van der Waals surface area (Å²) in [6, 6.07) is 7.07. The first-order valence-corrected chi connectivity index (χ1v) is 10.5. The summed E-state index contributed by atoms with van der Waals surface area (Å²) in [6.07, 6.45) is 3.48. The zero-order valence-corrected chi connectivity index (χ0v) is 18.0. The monoisotopic (exact) mass is 459 g/mol. The zero-order valence-electron chi connectivity index (χ0n) is 17.2. The van der Waals surface area contributed by atoms with E-state index in [1.165, 1.54) is 11.0 Å². The molecule has 2 aliphatic rings. The summed E-state index contributed by atoms with van der Waals surface area (Å²) >= 11 is 5.54. The summed E-state index contributed by atoms with van der Waals surface area (Å²) in [5, 5.41) is 2.05. The first kappa shape index (κ1) is 22.0. The number of nitrogens with zero attached hydrogens (tertiary/aromatic N) is 2. The van der Waals surface area contributed by atoms with Gasteiger partial charge < -0.3 is 15.1 Å². The van der Waals surface area contributed by atoms with Crippen molar-refractivity contribution in [2.24, 2.45) is 0 Å². The topological polar surface area (TPSA) is 69.7 Å². The number of hydrogen-bond donors (Lipinski definition) is 1. The lowest BCUT2D eigenvalue weighted by Gasteiger charge is -2.40. The van der Waals surface area contributed by atoms with Crippen molar-refractivity contribution in [2.45, 2.75) is 19.4 Å². The molecule has 6 nitrogen and oxygen atoms in total. The number of halogens is 3. The number of carbonyl (C=O) groups is 3. The number of carbonyl (C=O) groups excluding carboxylic acids is 3. The Bertz CT molecular complexity index is 1130. The third kappa shape index (κ3) is 4.36. The highest BCUT2D eigenvalue weighted by Crippen LogP contribution is 2.27. The van der Waals surface area contributed by atoms with Gasteiger partial charge in [-0.05, 0) is 48.4 Å². The molecule has 32 heavy (non-hydrogen) atoms. The predicted molar refractivity (Wildman–Crippen MR) is 118 cm³/mol. The minimum Gasteiger partial charge on any atom is -0.368 e. The lowest BCUT2D eigenvalue weighted by Crippen LogP contribution is -2.56. The number of ketones is 1. The maximum atomic E-state index is 13.8. The molecule has 0 radical (unpaired) electrons. The van der Waals surface area contributed by atoms with Gasteiger partial charge in [0.05, 0.1) is 0 Å². The van der Waals surface area contributed by atoms with Gasteiger partial charge in [-0.25, -0.2) is 8.78 Å². The van der Waals surface area contributed by atoms with Gasteiger partial charge in [0.1, 0.15) is 16.7 Å². The summed E-state index contributed by atoms with van der Waals surface area (Å²) < 4.78 is 27.6. The summed E-state index contributed by atoms with van der Waals surface area (Å²) in [6.45, 7) is 2.59. The Kier molecular flexibility index (Phi) is 5.97. The van der Waals surface area contributed by atoms with Gasteiger partial charge in [-0.1, -0.05) is 23.7 Å². The molecule has 4 rings (SSSR count). The van der Waals surface area contributed by atoms with Crippen molar-refractivity contribution in [3.8, 4) is 0 Å². The summed E-state index contributed by atoms with van der Waals surface area (Å²) in [7, 11) is 0. The van der Waals surface area contributed by atoms with Crippen LogP contribution in [0.15, 0.2) is 36.4 Å². The average molecular weight is 460 g/mol. The van der Waals surface area contributed by atoms with Gasteiger partial charge in [0, 0.05) is 43.5 Å².